The van der Waals surface area contributed by atoms with Crippen LogP contribution in [0.4, 0.5) is 17.2 Å². The average Bonchev–Trinajstić information content (AvgIpc) is 3.25. The Hall–Kier alpha value is -3.89. The lowest BCUT2D eigenvalue weighted by molar-refractivity contribution is 0.126. The first kappa shape index (κ1) is 21.9. The molecule has 0 amide bonds. The molecule has 2 aromatic carbocycles. The van der Waals surface area contributed by atoms with Crippen molar-refractivity contribution >= 4 is 28.2 Å². The molecule has 1 fully saturated rings. The second-order valence-electron chi connectivity index (χ2n) is 9.14. The Kier molecular flexibility index (Phi) is 5.91. The monoisotopic (exact) mass is 452 g/mol. The van der Waals surface area contributed by atoms with Crippen molar-refractivity contribution in [1.29, 1.82) is 5.26 Å². The number of nitrogens with zero attached hydrogens (tertiary/aromatic N) is 4. The van der Waals surface area contributed by atoms with Crippen LogP contribution < -0.4 is 10.6 Å². The maximum atomic E-state index is 9.81. The minimum atomic E-state index is -0.211. The number of aryl methyl sites for hydroxylation is 2. The first-order valence-electron chi connectivity index (χ1n) is 11.7. The summed E-state index contributed by atoms with van der Waals surface area (Å²) < 4.78 is 2.01. The van der Waals surface area contributed by atoms with Gasteiger partial charge in [-0.05, 0) is 87.1 Å². The number of fused-ring (bicyclic) bond motifs is 1. The molecule has 34 heavy (non-hydrogen) atoms. The minimum Gasteiger partial charge on any atom is -0.393 e. The summed E-state index contributed by atoms with van der Waals surface area (Å²) in [4.78, 5) is 9.04. The van der Waals surface area contributed by atoms with Gasteiger partial charge in [-0.1, -0.05) is 6.07 Å². The SMILES string of the molecule is Cc1cc(C)cc(Nc2ncnc3c2ccn3-c2ccc(C#N)c(NC3CCC(O)CC3)c2)c1. The molecule has 7 nitrogen and oxygen atoms in total. The van der Waals surface area contributed by atoms with Gasteiger partial charge in [0.2, 0.25) is 0 Å². The van der Waals surface area contributed by atoms with E-state index in [1.54, 1.807) is 6.33 Å². The van der Waals surface area contributed by atoms with Crippen LogP contribution in [0.15, 0.2) is 55.0 Å². The fraction of sp³-hybridized carbons (Fsp3) is 0.296. The van der Waals surface area contributed by atoms with Crippen LogP contribution in [0, 0.1) is 25.2 Å². The predicted molar refractivity (Wildman–Crippen MR) is 135 cm³/mol. The molecule has 4 aromatic rings. The normalized spacial score (nSPS) is 17.9. The molecular formula is C27H28N6O. The van der Waals surface area contributed by atoms with E-state index >= 15 is 0 Å². The van der Waals surface area contributed by atoms with Crippen LogP contribution in [0.3, 0.4) is 0 Å². The highest BCUT2D eigenvalue weighted by molar-refractivity contribution is 5.90. The summed E-state index contributed by atoms with van der Waals surface area (Å²) in [6.07, 6.45) is 6.70. The number of nitrogens with one attached hydrogen (secondary N) is 2. The summed E-state index contributed by atoms with van der Waals surface area (Å²) in [5, 5.41) is 27.3. The number of aliphatic hydroxyl groups excluding tert-OH is 1. The van der Waals surface area contributed by atoms with E-state index in [9.17, 15) is 10.4 Å². The number of hydrogen-bond donors (Lipinski definition) is 3. The van der Waals surface area contributed by atoms with Crippen molar-refractivity contribution in [2.24, 2.45) is 0 Å². The highest BCUT2D eigenvalue weighted by Crippen LogP contribution is 2.30. The third kappa shape index (κ3) is 4.45. The Bertz CT molecular complexity index is 1360. The number of benzene rings is 2. The van der Waals surface area contributed by atoms with Crippen molar-refractivity contribution in [3.63, 3.8) is 0 Å². The zero-order chi connectivity index (χ0) is 23.7. The molecule has 0 unspecified atom stereocenters. The van der Waals surface area contributed by atoms with Crippen LogP contribution in [0.1, 0.15) is 42.4 Å². The van der Waals surface area contributed by atoms with Crippen LogP contribution in [0.5, 0.6) is 0 Å². The van der Waals surface area contributed by atoms with Gasteiger partial charge in [-0.25, -0.2) is 9.97 Å². The molecule has 7 heteroatoms. The van der Waals surface area contributed by atoms with Gasteiger partial charge in [0, 0.05) is 23.6 Å². The van der Waals surface area contributed by atoms with Gasteiger partial charge in [0.1, 0.15) is 23.9 Å². The number of hydrogen-bond acceptors (Lipinski definition) is 6. The van der Waals surface area contributed by atoms with Gasteiger partial charge in [-0.15, -0.1) is 0 Å². The topological polar surface area (TPSA) is 98.8 Å². The van der Waals surface area contributed by atoms with E-state index in [1.165, 1.54) is 11.1 Å². The van der Waals surface area contributed by atoms with Gasteiger partial charge in [0.15, 0.2) is 0 Å². The molecule has 5 rings (SSSR count). The molecule has 0 radical (unpaired) electrons. The average molecular weight is 453 g/mol. The first-order valence-corrected chi connectivity index (χ1v) is 11.7. The van der Waals surface area contributed by atoms with Crippen LogP contribution in [-0.2, 0) is 0 Å². The van der Waals surface area contributed by atoms with E-state index in [1.807, 2.05) is 35.0 Å². The largest absolute Gasteiger partial charge is 0.393 e. The molecule has 0 saturated heterocycles. The lowest BCUT2D eigenvalue weighted by Gasteiger charge is -2.27. The molecule has 0 spiro atoms. The van der Waals surface area contributed by atoms with Crippen LogP contribution in [0.2, 0.25) is 0 Å². The van der Waals surface area contributed by atoms with Crippen molar-refractivity contribution in [3.8, 4) is 11.8 Å². The number of aliphatic hydroxyl groups is 1. The van der Waals surface area contributed by atoms with Gasteiger partial charge >= 0.3 is 0 Å². The first-order chi connectivity index (χ1) is 16.5. The van der Waals surface area contributed by atoms with Gasteiger partial charge in [0.25, 0.3) is 0 Å². The van der Waals surface area contributed by atoms with Crippen LogP contribution in [0.25, 0.3) is 16.7 Å². The Balaban J connectivity index is 1.47. The molecule has 3 N–H and O–H groups in total. The third-order valence-corrected chi connectivity index (χ3v) is 6.42. The lowest BCUT2D eigenvalue weighted by Crippen LogP contribution is -2.28. The summed E-state index contributed by atoms with van der Waals surface area (Å²) in [5.74, 6) is 0.751. The van der Waals surface area contributed by atoms with E-state index in [4.69, 9.17) is 0 Å². The number of nitriles is 1. The van der Waals surface area contributed by atoms with Crippen molar-refractivity contribution in [2.75, 3.05) is 10.6 Å². The second kappa shape index (κ2) is 9.16. The summed E-state index contributed by atoms with van der Waals surface area (Å²) >= 11 is 0. The lowest BCUT2D eigenvalue weighted by atomic mass is 9.93. The molecule has 2 aromatic heterocycles. The van der Waals surface area contributed by atoms with E-state index in [0.717, 1.165) is 59.6 Å². The molecule has 0 bridgehead atoms. The van der Waals surface area contributed by atoms with Gasteiger partial charge in [-0.3, -0.25) is 0 Å². The molecule has 172 valence electrons. The quantitative estimate of drug-likeness (QED) is 0.377. The summed E-state index contributed by atoms with van der Waals surface area (Å²) in [6.45, 7) is 4.16. The van der Waals surface area contributed by atoms with Crippen molar-refractivity contribution in [1.82, 2.24) is 14.5 Å². The smallest absolute Gasteiger partial charge is 0.150 e. The van der Waals surface area contributed by atoms with Gasteiger partial charge in [-0.2, -0.15) is 5.26 Å². The highest BCUT2D eigenvalue weighted by Gasteiger charge is 2.20. The predicted octanol–water partition coefficient (Wildman–Crippen LogP) is 5.37. The maximum absolute atomic E-state index is 9.81. The summed E-state index contributed by atoms with van der Waals surface area (Å²) in [6, 6.07) is 16.7. The molecule has 1 aliphatic carbocycles. The Labute approximate surface area is 199 Å². The second-order valence-corrected chi connectivity index (χ2v) is 9.14. The molecular weight excluding hydrogens is 424 g/mol. The number of anilines is 3. The van der Waals surface area contributed by atoms with Crippen molar-refractivity contribution < 1.29 is 5.11 Å². The van der Waals surface area contributed by atoms with Crippen LogP contribution in [-0.4, -0.2) is 31.8 Å². The van der Waals surface area contributed by atoms with E-state index in [0.29, 0.717) is 5.56 Å². The number of aromatic nitrogens is 3. The zero-order valence-electron chi connectivity index (χ0n) is 19.4. The molecule has 0 aliphatic heterocycles. The van der Waals surface area contributed by atoms with E-state index in [2.05, 4.69) is 58.7 Å². The fourth-order valence-corrected chi connectivity index (χ4v) is 4.78. The molecule has 0 atom stereocenters. The molecule has 1 saturated carbocycles. The Morgan fingerprint density at radius 3 is 2.50 bits per heavy atom. The maximum Gasteiger partial charge on any atom is 0.150 e. The van der Waals surface area contributed by atoms with Crippen LogP contribution >= 0.6 is 0 Å². The van der Waals surface area contributed by atoms with Gasteiger partial charge < -0.3 is 20.3 Å². The number of rotatable bonds is 5. The molecule has 1 aliphatic rings. The Morgan fingerprint density at radius 1 is 1.00 bits per heavy atom. The van der Waals surface area contributed by atoms with Crippen molar-refractivity contribution in [3.05, 3.63) is 71.7 Å². The minimum absolute atomic E-state index is 0.211. The van der Waals surface area contributed by atoms with E-state index in [-0.39, 0.29) is 12.1 Å². The highest BCUT2D eigenvalue weighted by atomic mass is 16.3. The van der Waals surface area contributed by atoms with Crippen molar-refractivity contribution in [2.45, 2.75) is 51.7 Å². The summed E-state index contributed by atoms with van der Waals surface area (Å²) in [7, 11) is 0. The Morgan fingerprint density at radius 2 is 1.76 bits per heavy atom. The molecule has 2 heterocycles. The zero-order valence-corrected chi connectivity index (χ0v) is 19.4. The fourth-order valence-electron chi connectivity index (χ4n) is 4.78. The summed E-state index contributed by atoms with van der Waals surface area (Å²) in [5.41, 5.74) is 6.50. The van der Waals surface area contributed by atoms with E-state index < -0.39 is 0 Å². The standard InChI is InChI=1S/C27H28N6O/c1-17-11-18(2)13-21(12-17)32-26-24-9-10-33(27(24)30-16-29-26)22-6-3-19(15-28)25(14-22)31-20-4-7-23(34)8-5-20/h3,6,9-14,16,20,23,31,34H,4-5,7-8H2,1-2H3,(H,29,30,32). The van der Waals surface area contributed by atoms with Gasteiger partial charge in [0.05, 0.1) is 22.7 Å². The third-order valence-electron chi connectivity index (χ3n) is 6.42.